The van der Waals surface area contributed by atoms with Crippen molar-refractivity contribution in [1.29, 1.82) is 0 Å². The number of ether oxygens (including phenoxy) is 2. The van der Waals surface area contributed by atoms with Crippen molar-refractivity contribution in [3.8, 4) is 11.5 Å². The Morgan fingerprint density at radius 3 is 2.54 bits per heavy atom. The third-order valence-corrected chi connectivity index (χ3v) is 7.77. The predicted octanol–water partition coefficient (Wildman–Crippen LogP) is 1.59. The Hall–Kier alpha value is -2.25. The van der Waals surface area contributed by atoms with Gasteiger partial charge in [0.1, 0.15) is 0 Å². The molecular weight excluding hydrogens is 376 g/mol. The molecule has 0 aliphatic carbocycles. The minimum absolute atomic E-state index is 0.0430. The number of benzene rings is 2. The molecule has 1 fully saturated rings. The molecule has 2 aliphatic heterocycles. The van der Waals surface area contributed by atoms with Crippen LogP contribution in [0.5, 0.6) is 11.5 Å². The summed E-state index contributed by atoms with van der Waals surface area (Å²) in [5.41, 5.74) is 3.12. The zero-order valence-corrected chi connectivity index (χ0v) is 17.5. The van der Waals surface area contributed by atoms with Gasteiger partial charge in [0.05, 0.1) is 56.9 Å². The van der Waals surface area contributed by atoms with Crippen LogP contribution < -0.4 is 18.7 Å². The lowest BCUT2D eigenvalue weighted by Crippen LogP contribution is -3.11. The summed E-state index contributed by atoms with van der Waals surface area (Å²) in [6.45, 7) is 3.96. The molecule has 150 valence electrons. The van der Waals surface area contributed by atoms with E-state index in [4.69, 9.17) is 9.47 Å². The SMILES string of the molecule is COc1ccc(S(=O)(=O)N2c3ccc(C)cc3[C@@H]3C[NH+](C)CC[C@@H]32)cc1OC. The molecule has 4 rings (SSSR count). The zero-order chi connectivity index (χ0) is 20.1. The number of anilines is 1. The van der Waals surface area contributed by atoms with Crippen LogP contribution in [0, 0.1) is 6.92 Å². The highest BCUT2D eigenvalue weighted by Crippen LogP contribution is 2.46. The van der Waals surface area contributed by atoms with Gasteiger partial charge in [-0.25, -0.2) is 8.42 Å². The molecule has 1 unspecified atom stereocenters. The standard InChI is InChI=1S/C21H26N2O4S/c1-14-5-7-18-16(11-14)17-13-22(2)10-9-19(17)23(18)28(24,25)15-6-8-20(26-3)21(12-15)27-4/h5-8,11-12,17,19H,9-10,13H2,1-4H3/p+1/t17-,19-/m0/s1. The molecule has 0 amide bonds. The summed E-state index contributed by atoms with van der Waals surface area (Å²) in [7, 11) is 1.51. The van der Waals surface area contributed by atoms with Crippen LogP contribution in [-0.4, -0.2) is 48.8 Å². The predicted molar refractivity (Wildman–Crippen MR) is 108 cm³/mol. The maximum atomic E-state index is 13.7. The number of hydrogen-bond donors (Lipinski definition) is 1. The van der Waals surface area contributed by atoms with Crippen LogP contribution in [0.25, 0.3) is 0 Å². The highest BCUT2D eigenvalue weighted by atomic mass is 32.2. The van der Waals surface area contributed by atoms with Crippen LogP contribution in [0.4, 0.5) is 5.69 Å². The maximum Gasteiger partial charge on any atom is 0.264 e. The van der Waals surface area contributed by atoms with Gasteiger partial charge in [-0.2, -0.15) is 0 Å². The Morgan fingerprint density at radius 2 is 1.82 bits per heavy atom. The first-order valence-electron chi connectivity index (χ1n) is 9.55. The van der Waals surface area contributed by atoms with E-state index < -0.39 is 10.0 Å². The Kier molecular flexibility index (Phi) is 4.75. The molecule has 2 aromatic rings. The van der Waals surface area contributed by atoms with Gasteiger partial charge in [0.15, 0.2) is 11.5 Å². The van der Waals surface area contributed by atoms with Crippen molar-refractivity contribution in [3.05, 3.63) is 47.5 Å². The second kappa shape index (κ2) is 6.97. The monoisotopic (exact) mass is 403 g/mol. The fourth-order valence-electron chi connectivity index (χ4n) is 4.56. The van der Waals surface area contributed by atoms with E-state index in [-0.39, 0.29) is 16.9 Å². The van der Waals surface area contributed by atoms with E-state index in [1.165, 1.54) is 19.1 Å². The van der Waals surface area contributed by atoms with Gasteiger partial charge in [0.25, 0.3) is 10.0 Å². The molecule has 0 radical (unpaired) electrons. The van der Waals surface area contributed by atoms with Crippen molar-refractivity contribution in [2.45, 2.75) is 30.2 Å². The van der Waals surface area contributed by atoms with Gasteiger partial charge in [-0.3, -0.25) is 4.31 Å². The quantitative estimate of drug-likeness (QED) is 0.842. The van der Waals surface area contributed by atoms with Gasteiger partial charge in [0.2, 0.25) is 0 Å². The molecule has 1 N–H and O–H groups in total. The van der Waals surface area contributed by atoms with E-state index in [1.54, 1.807) is 22.5 Å². The first kappa shape index (κ1) is 19.1. The van der Waals surface area contributed by atoms with E-state index in [9.17, 15) is 8.42 Å². The average molecular weight is 404 g/mol. The van der Waals surface area contributed by atoms with E-state index in [0.717, 1.165) is 36.3 Å². The van der Waals surface area contributed by atoms with Crippen LogP contribution in [0.15, 0.2) is 41.3 Å². The van der Waals surface area contributed by atoms with Gasteiger partial charge in [-0.1, -0.05) is 17.7 Å². The van der Waals surface area contributed by atoms with Crippen molar-refractivity contribution >= 4 is 15.7 Å². The van der Waals surface area contributed by atoms with Crippen LogP contribution >= 0.6 is 0 Å². The van der Waals surface area contributed by atoms with Crippen molar-refractivity contribution in [3.63, 3.8) is 0 Å². The number of rotatable bonds is 4. The normalized spacial score (nSPS) is 23.9. The summed E-state index contributed by atoms with van der Waals surface area (Å²) >= 11 is 0. The molecule has 2 aliphatic rings. The zero-order valence-electron chi connectivity index (χ0n) is 16.7. The number of methoxy groups -OCH3 is 2. The molecule has 1 saturated heterocycles. The summed E-state index contributed by atoms with van der Waals surface area (Å²) in [4.78, 5) is 1.67. The topological polar surface area (TPSA) is 60.3 Å². The molecule has 0 bridgehead atoms. The lowest BCUT2D eigenvalue weighted by molar-refractivity contribution is -0.886. The molecule has 6 nitrogen and oxygen atoms in total. The number of piperidine rings is 1. The van der Waals surface area contributed by atoms with Crippen molar-refractivity contribution in [2.75, 3.05) is 38.7 Å². The number of likely N-dealkylation sites (tertiary alicyclic amines) is 1. The van der Waals surface area contributed by atoms with E-state index >= 15 is 0 Å². The van der Waals surface area contributed by atoms with Crippen LogP contribution in [0.3, 0.4) is 0 Å². The molecule has 0 saturated carbocycles. The summed E-state index contributed by atoms with van der Waals surface area (Å²) in [5, 5.41) is 0. The second-order valence-corrected chi connectivity index (χ2v) is 9.57. The van der Waals surface area contributed by atoms with Crippen molar-refractivity contribution in [1.82, 2.24) is 0 Å². The number of quaternary nitrogens is 1. The Morgan fingerprint density at radius 1 is 1.07 bits per heavy atom. The molecule has 2 heterocycles. The largest absolute Gasteiger partial charge is 0.493 e. The summed E-state index contributed by atoms with van der Waals surface area (Å²) < 4.78 is 39.7. The minimum Gasteiger partial charge on any atom is -0.493 e. The van der Waals surface area contributed by atoms with Crippen molar-refractivity contribution < 1.29 is 22.8 Å². The van der Waals surface area contributed by atoms with E-state index in [0.29, 0.717) is 11.5 Å². The first-order valence-corrected chi connectivity index (χ1v) is 11.0. The lowest BCUT2D eigenvalue weighted by atomic mass is 9.89. The average Bonchev–Trinajstić information content (AvgIpc) is 3.00. The molecule has 7 heteroatoms. The molecule has 0 spiro atoms. The van der Waals surface area contributed by atoms with Gasteiger partial charge in [0, 0.05) is 12.5 Å². The first-order chi connectivity index (χ1) is 13.4. The number of hydrogen-bond acceptors (Lipinski definition) is 4. The highest BCUT2D eigenvalue weighted by molar-refractivity contribution is 7.92. The van der Waals surface area contributed by atoms with Crippen LogP contribution in [0.1, 0.15) is 23.5 Å². The molecular formula is C21H27N2O4S+. The lowest BCUT2D eigenvalue weighted by Gasteiger charge is -2.34. The number of nitrogens with zero attached hydrogens (tertiary/aromatic N) is 1. The highest BCUT2D eigenvalue weighted by Gasteiger charge is 2.48. The fourth-order valence-corrected chi connectivity index (χ4v) is 6.31. The van der Waals surface area contributed by atoms with E-state index in [1.807, 2.05) is 12.1 Å². The van der Waals surface area contributed by atoms with Gasteiger partial charge in [-0.05, 0) is 30.7 Å². The smallest absolute Gasteiger partial charge is 0.264 e. The Balaban J connectivity index is 1.83. The third kappa shape index (κ3) is 2.93. The van der Waals surface area contributed by atoms with Crippen LogP contribution in [0.2, 0.25) is 0 Å². The minimum atomic E-state index is -3.72. The second-order valence-electron chi connectivity index (χ2n) is 7.75. The van der Waals surface area contributed by atoms with Gasteiger partial charge >= 0.3 is 0 Å². The number of fused-ring (bicyclic) bond motifs is 3. The number of aryl methyl sites for hydroxylation is 1. The number of sulfonamides is 1. The molecule has 3 atom stereocenters. The van der Waals surface area contributed by atoms with Gasteiger partial charge in [-0.15, -0.1) is 0 Å². The summed E-state index contributed by atoms with van der Waals surface area (Å²) in [6.07, 6.45) is 0.844. The number of likely N-dealkylation sites (N-methyl/N-ethyl adjacent to an activating group) is 1. The van der Waals surface area contributed by atoms with Gasteiger partial charge < -0.3 is 14.4 Å². The summed E-state index contributed by atoms with van der Waals surface area (Å²) in [5.74, 6) is 1.15. The van der Waals surface area contributed by atoms with Crippen molar-refractivity contribution in [2.24, 2.45) is 0 Å². The maximum absolute atomic E-state index is 13.7. The molecule has 2 aromatic carbocycles. The van der Waals surface area contributed by atoms with E-state index in [2.05, 4.69) is 20.0 Å². The number of nitrogens with one attached hydrogen (secondary N) is 1. The third-order valence-electron chi connectivity index (χ3n) is 5.93. The Bertz CT molecular complexity index is 1010. The Labute approximate surface area is 166 Å². The molecule has 0 aromatic heterocycles. The van der Waals surface area contributed by atoms with Crippen LogP contribution in [-0.2, 0) is 10.0 Å². The fraction of sp³-hybridized carbons (Fsp3) is 0.429. The summed E-state index contributed by atoms with van der Waals surface area (Å²) in [6, 6.07) is 10.8. The molecule has 28 heavy (non-hydrogen) atoms.